The molecule has 90 valence electrons. The van der Waals surface area contributed by atoms with Gasteiger partial charge in [0.25, 0.3) is 0 Å². The summed E-state index contributed by atoms with van der Waals surface area (Å²) in [5.41, 5.74) is 1.63. The van der Waals surface area contributed by atoms with Gasteiger partial charge in [-0.05, 0) is 38.6 Å². The predicted molar refractivity (Wildman–Crippen MR) is 73.0 cm³/mol. The van der Waals surface area contributed by atoms with E-state index in [1.807, 2.05) is 18.2 Å². The van der Waals surface area contributed by atoms with Crippen LogP contribution in [0, 0.1) is 11.3 Å². The monoisotopic (exact) mass is 293 g/mol. The molecule has 0 spiro atoms. The Morgan fingerprint density at radius 3 is 2.88 bits per heavy atom. The molecule has 1 N–H and O–H groups in total. The van der Waals surface area contributed by atoms with Gasteiger partial charge in [-0.25, -0.2) is 0 Å². The van der Waals surface area contributed by atoms with Crippen molar-refractivity contribution in [2.45, 2.75) is 25.4 Å². The maximum atomic E-state index is 9.07. The van der Waals surface area contributed by atoms with E-state index in [9.17, 15) is 0 Å². The first-order valence-corrected chi connectivity index (χ1v) is 6.56. The average molecular weight is 294 g/mol. The topological polar surface area (TPSA) is 39.1 Å². The van der Waals surface area contributed by atoms with E-state index >= 15 is 0 Å². The average Bonchev–Trinajstić information content (AvgIpc) is 2.58. The van der Waals surface area contributed by atoms with Crippen molar-refractivity contribution < 1.29 is 0 Å². The van der Waals surface area contributed by atoms with Crippen LogP contribution in [0.1, 0.15) is 18.9 Å². The Labute approximate surface area is 111 Å². The van der Waals surface area contributed by atoms with E-state index < -0.39 is 0 Å². The number of halogens is 1. The van der Waals surface area contributed by atoms with E-state index in [0.29, 0.717) is 17.6 Å². The van der Waals surface area contributed by atoms with Crippen molar-refractivity contribution in [3.8, 4) is 6.07 Å². The van der Waals surface area contributed by atoms with E-state index in [0.717, 1.165) is 23.1 Å². The third kappa shape index (κ3) is 2.80. The predicted octanol–water partition coefficient (Wildman–Crippen LogP) is 2.83. The zero-order valence-electron chi connectivity index (χ0n) is 10.1. The number of hydrogen-bond acceptors (Lipinski definition) is 3. The van der Waals surface area contributed by atoms with Gasteiger partial charge in [-0.2, -0.15) is 5.26 Å². The van der Waals surface area contributed by atoms with Crippen LogP contribution in [0.5, 0.6) is 0 Å². The molecule has 2 rings (SSSR count). The lowest BCUT2D eigenvalue weighted by molar-refractivity contribution is 0.330. The lowest BCUT2D eigenvalue weighted by atomic mass is 10.1. The molecule has 1 aliphatic rings. The van der Waals surface area contributed by atoms with Crippen molar-refractivity contribution in [1.29, 1.82) is 5.26 Å². The van der Waals surface area contributed by atoms with Crippen LogP contribution < -0.4 is 5.32 Å². The van der Waals surface area contributed by atoms with Crippen LogP contribution in [0.2, 0.25) is 0 Å². The van der Waals surface area contributed by atoms with Crippen LogP contribution in [-0.4, -0.2) is 30.6 Å². The third-order valence-corrected chi connectivity index (χ3v) is 3.84. The zero-order valence-corrected chi connectivity index (χ0v) is 11.7. The summed E-state index contributed by atoms with van der Waals surface area (Å²) in [6.07, 6.45) is 1.12. The summed E-state index contributed by atoms with van der Waals surface area (Å²) in [5, 5.41) is 12.5. The van der Waals surface area contributed by atoms with Crippen LogP contribution in [0.3, 0.4) is 0 Å². The lowest BCUT2D eigenvalue weighted by Crippen LogP contribution is -2.25. The minimum Gasteiger partial charge on any atom is -0.380 e. The number of anilines is 1. The summed E-state index contributed by atoms with van der Waals surface area (Å²) < 4.78 is 0.999. The molecule has 0 aliphatic carbocycles. The summed E-state index contributed by atoms with van der Waals surface area (Å²) in [6.45, 7) is 3.26. The SMILES string of the molecule is CC1CC(Nc2cc(Br)ccc2C#N)CN1C. The molecule has 1 aliphatic heterocycles. The van der Waals surface area contributed by atoms with E-state index in [2.05, 4.69) is 46.2 Å². The van der Waals surface area contributed by atoms with Gasteiger partial charge in [0, 0.05) is 23.1 Å². The molecule has 1 aromatic carbocycles. The molecule has 1 fully saturated rings. The van der Waals surface area contributed by atoms with Crippen molar-refractivity contribution >= 4 is 21.6 Å². The normalized spacial score (nSPS) is 24.6. The Morgan fingerprint density at radius 1 is 1.53 bits per heavy atom. The number of likely N-dealkylation sites (tertiary alicyclic amines) is 1. The summed E-state index contributed by atoms with van der Waals surface area (Å²) in [5.74, 6) is 0. The minimum absolute atomic E-state index is 0.427. The summed E-state index contributed by atoms with van der Waals surface area (Å²) >= 11 is 3.44. The fraction of sp³-hybridized carbons (Fsp3) is 0.462. The fourth-order valence-corrected chi connectivity index (χ4v) is 2.61. The van der Waals surface area contributed by atoms with E-state index in [1.54, 1.807) is 0 Å². The minimum atomic E-state index is 0.427. The first kappa shape index (κ1) is 12.4. The number of hydrogen-bond donors (Lipinski definition) is 1. The zero-order chi connectivity index (χ0) is 12.4. The Morgan fingerprint density at radius 2 is 2.29 bits per heavy atom. The van der Waals surface area contributed by atoms with Crippen molar-refractivity contribution in [2.75, 3.05) is 18.9 Å². The number of rotatable bonds is 2. The van der Waals surface area contributed by atoms with E-state index in [4.69, 9.17) is 5.26 Å². The maximum Gasteiger partial charge on any atom is 0.101 e. The fourth-order valence-electron chi connectivity index (χ4n) is 2.25. The number of benzene rings is 1. The maximum absolute atomic E-state index is 9.07. The highest BCUT2D eigenvalue weighted by atomic mass is 79.9. The van der Waals surface area contributed by atoms with Crippen molar-refractivity contribution in [3.05, 3.63) is 28.2 Å². The highest BCUT2D eigenvalue weighted by Gasteiger charge is 2.26. The molecular formula is C13H16BrN3. The smallest absolute Gasteiger partial charge is 0.101 e. The molecule has 0 bridgehead atoms. The number of nitriles is 1. The molecule has 2 unspecified atom stereocenters. The van der Waals surface area contributed by atoms with Gasteiger partial charge in [0.2, 0.25) is 0 Å². The Bertz CT molecular complexity index is 442. The van der Waals surface area contributed by atoms with E-state index in [1.165, 1.54) is 0 Å². The standard InChI is InChI=1S/C13H16BrN3/c1-9-5-12(8-17(9)2)16-13-6-11(14)4-3-10(13)7-15/h3-4,6,9,12,16H,5,8H2,1-2H3. The van der Waals surface area contributed by atoms with Gasteiger partial charge in [0.05, 0.1) is 11.3 Å². The van der Waals surface area contributed by atoms with Crippen molar-refractivity contribution in [3.63, 3.8) is 0 Å². The van der Waals surface area contributed by atoms with Gasteiger partial charge >= 0.3 is 0 Å². The Balaban J connectivity index is 2.14. The molecule has 4 heteroatoms. The summed E-state index contributed by atoms with van der Waals surface area (Å²) in [4.78, 5) is 2.34. The molecule has 0 aromatic heterocycles. The molecule has 1 heterocycles. The number of likely N-dealkylation sites (N-methyl/N-ethyl adjacent to an activating group) is 1. The van der Waals surface area contributed by atoms with Gasteiger partial charge in [-0.1, -0.05) is 15.9 Å². The molecule has 3 nitrogen and oxygen atoms in total. The van der Waals surface area contributed by atoms with Gasteiger partial charge < -0.3 is 10.2 Å². The number of nitrogens with one attached hydrogen (secondary N) is 1. The Hall–Kier alpha value is -1.05. The Kier molecular flexibility index (Phi) is 3.70. The second-order valence-electron chi connectivity index (χ2n) is 4.67. The molecular weight excluding hydrogens is 278 g/mol. The second kappa shape index (κ2) is 5.07. The van der Waals surface area contributed by atoms with Gasteiger partial charge in [0.1, 0.15) is 6.07 Å². The lowest BCUT2D eigenvalue weighted by Gasteiger charge is -2.15. The molecule has 1 saturated heterocycles. The van der Waals surface area contributed by atoms with Crippen LogP contribution in [-0.2, 0) is 0 Å². The second-order valence-corrected chi connectivity index (χ2v) is 5.58. The highest BCUT2D eigenvalue weighted by molar-refractivity contribution is 9.10. The third-order valence-electron chi connectivity index (χ3n) is 3.35. The molecule has 1 aromatic rings. The molecule has 2 atom stereocenters. The van der Waals surface area contributed by atoms with Crippen LogP contribution in [0.25, 0.3) is 0 Å². The van der Waals surface area contributed by atoms with Crippen LogP contribution >= 0.6 is 15.9 Å². The molecule has 0 amide bonds. The summed E-state index contributed by atoms with van der Waals surface area (Å²) in [6, 6.07) is 8.96. The first-order valence-electron chi connectivity index (χ1n) is 5.76. The van der Waals surface area contributed by atoms with Crippen molar-refractivity contribution in [2.24, 2.45) is 0 Å². The van der Waals surface area contributed by atoms with Gasteiger partial charge in [-0.3, -0.25) is 0 Å². The summed E-state index contributed by atoms with van der Waals surface area (Å²) in [7, 11) is 2.14. The molecule has 0 saturated carbocycles. The number of nitrogens with zero attached hydrogens (tertiary/aromatic N) is 2. The quantitative estimate of drug-likeness (QED) is 0.911. The van der Waals surface area contributed by atoms with Gasteiger partial charge in [0.15, 0.2) is 0 Å². The van der Waals surface area contributed by atoms with Gasteiger partial charge in [-0.15, -0.1) is 0 Å². The van der Waals surface area contributed by atoms with E-state index in [-0.39, 0.29) is 0 Å². The molecule has 0 radical (unpaired) electrons. The first-order chi connectivity index (χ1) is 8.10. The van der Waals surface area contributed by atoms with Crippen molar-refractivity contribution in [1.82, 2.24) is 4.90 Å². The van der Waals surface area contributed by atoms with Crippen LogP contribution in [0.15, 0.2) is 22.7 Å². The molecule has 17 heavy (non-hydrogen) atoms. The largest absolute Gasteiger partial charge is 0.380 e. The van der Waals surface area contributed by atoms with Crippen LogP contribution in [0.4, 0.5) is 5.69 Å². The highest BCUT2D eigenvalue weighted by Crippen LogP contribution is 2.24.